The van der Waals surface area contributed by atoms with E-state index in [2.05, 4.69) is 5.32 Å². The molecule has 0 aliphatic heterocycles. The van der Waals surface area contributed by atoms with E-state index in [4.69, 9.17) is 16.7 Å². The number of rotatable bonds is 5. The predicted molar refractivity (Wildman–Crippen MR) is 106 cm³/mol. The summed E-state index contributed by atoms with van der Waals surface area (Å²) >= 11 is 4.39. The van der Waals surface area contributed by atoms with Gasteiger partial charge in [-0.1, -0.05) is 54.1 Å². The smallest absolute Gasteiger partial charge is 0.228 e. The maximum atomic E-state index is 12.3. The Labute approximate surface area is 160 Å². The highest BCUT2D eigenvalue weighted by Crippen LogP contribution is 2.28. The van der Waals surface area contributed by atoms with Gasteiger partial charge in [0.2, 0.25) is 5.91 Å². The number of amides is 1. The first kappa shape index (κ1) is 18.5. The van der Waals surface area contributed by atoms with E-state index in [0.717, 1.165) is 16.7 Å². The summed E-state index contributed by atoms with van der Waals surface area (Å²) in [4.78, 5) is 12.8. The molecule has 0 radical (unpaired) electrons. The summed E-state index contributed by atoms with van der Waals surface area (Å²) in [7, 11) is 0. The van der Waals surface area contributed by atoms with Crippen molar-refractivity contribution in [2.45, 2.75) is 11.3 Å². The Morgan fingerprint density at radius 1 is 1.00 bits per heavy atom. The van der Waals surface area contributed by atoms with Crippen LogP contribution in [-0.2, 0) is 22.6 Å². The van der Waals surface area contributed by atoms with Gasteiger partial charge in [-0.05, 0) is 34.9 Å². The molecule has 3 rings (SSSR count). The number of nitrogens with two attached hydrogens (primary N) is 1. The van der Waals surface area contributed by atoms with Crippen molar-refractivity contribution in [3.63, 3.8) is 0 Å². The zero-order chi connectivity index (χ0) is 18.5. The molecule has 3 aromatic carbocycles. The van der Waals surface area contributed by atoms with Crippen molar-refractivity contribution >= 4 is 34.6 Å². The van der Waals surface area contributed by atoms with E-state index in [1.54, 1.807) is 24.3 Å². The molecule has 1 unspecified atom stereocenters. The highest BCUT2D eigenvalue weighted by Gasteiger charge is 2.13. The maximum absolute atomic E-state index is 12.3. The van der Waals surface area contributed by atoms with Gasteiger partial charge in [0, 0.05) is 22.8 Å². The Kier molecular flexibility index (Phi) is 5.96. The van der Waals surface area contributed by atoms with Crippen LogP contribution in [0, 0.1) is 0 Å². The Morgan fingerprint density at radius 3 is 2.46 bits per heavy atom. The molecule has 0 heterocycles. The summed E-state index contributed by atoms with van der Waals surface area (Å²) < 4.78 is 11.8. The number of carbonyl (C=O) groups is 1. The van der Waals surface area contributed by atoms with Crippen molar-refractivity contribution in [2.24, 2.45) is 5.14 Å². The number of hydrogen-bond acceptors (Lipinski definition) is 3. The van der Waals surface area contributed by atoms with Crippen LogP contribution in [0.15, 0.2) is 77.7 Å². The summed E-state index contributed by atoms with van der Waals surface area (Å²) in [6.45, 7) is 0. The van der Waals surface area contributed by atoms with E-state index in [1.807, 2.05) is 48.5 Å². The first-order valence-electron chi connectivity index (χ1n) is 7.92. The normalized spacial score (nSPS) is 11.8. The lowest BCUT2D eigenvalue weighted by Gasteiger charge is -2.11. The van der Waals surface area contributed by atoms with Crippen molar-refractivity contribution in [1.82, 2.24) is 0 Å². The maximum Gasteiger partial charge on any atom is 0.228 e. The monoisotopic (exact) mass is 384 g/mol. The highest BCUT2D eigenvalue weighted by atomic mass is 35.5. The SMILES string of the molecule is N[S+]([O-])c1cc(NC(=O)Cc2ccccc2)cc(-c2cccc(Cl)c2)c1. The minimum Gasteiger partial charge on any atom is -0.593 e. The lowest BCUT2D eigenvalue weighted by molar-refractivity contribution is -0.115. The molecule has 0 fully saturated rings. The van der Waals surface area contributed by atoms with Gasteiger partial charge in [0.15, 0.2) is 4.90 Å². The third-order valence-electron chi connectivity index (χ3n) is 3.79. The number of benzene rings is 3. The van der Waals surface area contributed by atoms with E-state index in [1.165, 1.54) is 0 Å². The molecule has 3 aromatic rings. The van der Waals surface area contributed by atoms with Crippen LogP contribution in [0.4, 0.5) is 5.69 Å². The van der Waals surface area contributed by atoms with Gasteiger partial charge in [0.25, 0.3) is 0 Å². The van der Waals surface area contributed by atoms with Gasteiger partial charge >= 0.3 is 0 Å². The molecule has 0 spiro atoms. The van der Waals surface area contributed by atoms with E-state index in [0.29, 0.717) is 15.6 Å². The number of nitrogens with one attached hydrogen (secondary N) is 1. The lowest BCUT2D eigenvalue weighted by Crippen LogP contribution is -2.16. The lowest BCUT2D eigenvalue weighted by atomic mass is 10.0. The van der Waals surface area contributed by atoms with Gasteiger partial charge in [-0.25, -0.2) is 0 Å². The van der Waals surface area contributed by atoms with Gasteiger partial charge in [-0.15, -0.1) is 5.14 Å². The van der Waals surface area contributed by atoms with Crippen molar-refractivity contribution in [1.29, 1.82) is 0 Å². The third-order valence-corrected chi connectivity index (χ3v) is 4.72. The largest absolute Gasteiger partial charge is 0.593 e. The zero-order valence-electron chi connectivity index (χ0n) is 13.8. The van der Waals surface area contributed by atoms with Crippen LogP contribution < -0.4 is 10.5 Å². The molecule has 3 N–H and O–H groups in total. The molecule has 132 valence electrons. The van der Waals surface area contributed by atoms with Gasteiger partial charge in [-0.2, -0.15) is 0 Å². The van der Waals surface area contributed by atoms with Crippen LogP contribution in [0.1, 0.15) is 5.56 Å². The molecule has 0 saturated carbocycles. The molecule has 1 atom stereocenters. The van der Waals surface area contributed by atoms with Crippen molar-refractivity contribution in [2.75, 3.05) is 5.32 Å². The van der Waals surface area contributed by atoms with Gasteiger partial charge in [-0.3, -0.25) is 4.79 Å². The second-order valence-corrected chi connectivity index (χ2v) is 7.27. The van der Waals surface area contributed by atoms with Crippen LogP contribution in [0.5, 0.6) is 0 Å². The molecule has 0 bridgehead atoms. The number of hydrogen-bond donors (Lipinski definition) is 2. The van der Waals surface area contributed by atoms with Crippen LogP contribution in [0.25, 0.3) is 11.1 Å². The number of carbonyl (C=O) groups excluding carboxylic acids is 1. The predicted octanol–water partition coefficient (Wildman–Crippen LogP) is 4.17. The molecule has 0 saturated heterocycles. The fourth-order valence-electron chi connectivity index (χ4n) is 2.61. The van der Waals surface area contributed by atoms with E-state index >= 15 is 0 Å². The molecule has 26 heavy (non-hydrogen) atoms. The van der Waals surface area contributed by atoms with Crippen LogP contribution in [-0.4, -0.2) is 10.5 Å². The van der Waals surface area contributed by atoms with Crippen molar-refractivity contribution in [3.05, 3.63) is 83.4 Å². The fourth-order valence-corrected chi connectivity index (χ4v) is 3.29. The first-order valence-corrected chi connectivity index (χ1v) is 9.51. The molecule has 0 aliphatic carbocycles. The first-order chi connectivity index (χ1) is 12.5. The molecule has 4 nitrogen and oxygen atoms in total. The molecule has 0 aliphatic rings. The molecule has 0 aromatic heterocycles. The van der Waals surface area contributed by atoms with Crippen molar-refractivity contribution < 1.29 is 9.35 Å². The average Bonchev–Trinajstić information content (AvgIpc) is 2.62. The van der Waals surface area contributed by atoms with E-state index in [-0.39, 0.29) is 12.3 Å². The average molecular weight is 385 g/mol. The van der Waals surface area contributed by atoms with Gasteiger partial charge in [0.1, 0.15) is 0 Å². The highest BCUT2D eigenvalue weighted by molar-refractivity contribution is 7.89. The summed E-state index contributed by atoms with van der Waals surface area (Å²) in [5.74, 6) is -0.159. The topological polar surface area (TPSA) is 78.2 Å². The number of halogens is 1. The summed E-state index contributed by atoms with van der Waals surface area (Å²) in [5, 5.41) is 8.99. The second kappa shape index (κ2) is 8.38. The Hall–Kier alpha value is -2.31. The third kappa shape index (κ3) is 4.86. The minimum atomic E-state index is -1.67. The molecular weight excluding hydrogens is 368 g/mol. The minimum absolute atomic E-state index is 0.159. The fraction of sp³-hybridized carbons (Fsp3) is 0.0500. The Balaban J connectivity index is 1.87. The standard InChI is InChI=1S/C20H17ClN2O2S/c21-17-8-4-7-15(10-17)16-11-18(13-19(12-16)26(22)25)23-20(24)9-14-5-2-1-3-6-14/h1-8,10-13H,9,22H2,(H,23,24). The summed E-state index contributed by atoms with van der Waals surface area (Å²) in [6, 6.07) is 21.9. The second-order valence-electron chi connectivity index (χ2n) is 5.76. The number of anilines is 1. The molecular formula is C20H17ClN2O2S. The van der Waals surface area contributed by atoms with Crippen LogP contribution in [0.2, 0.25) is 5.02 Å². The molecule has 1 amide bonds. The Bertz CT molecular complexity index is 917. The summed E-state index contributed by atoms with van der Waals surface area (Å²) in [6.07, 6.45) is 0.253. The van der Waals surface area contributed by atoms with Crippen LogP contribution >= 0.6 is 11.6 Å². The zero-order valence-corrected chi connectivity index (χ0v) is 15.4. The van der Waals surface area contributed by atoms with E-state index < -0.39 is 11.4 Å². The molecule has 6 heteroatoms. The van der Waals surface area contributed by atoms with E-state index in [9.17, 15) is 9.35 Å². The Morgan fingerprint density at radius 2 is 1.77 bits per heavy atom. The summed E-state index contributed by atoms with van der Waals surface area (Å²) in [5.41, 5.74) is 3.08. The van der Waals surface area contributed by atoms with Crippen molar-refractivity contribution in [3.8, 4) is 11.1 Å². The van der Waals surface area contributed by atoms with Gasteiger partial charge < -0.3 is 9.87 Å². The van der Waals surface area contributed by atoms with Crippen LogP contribution in [0.3, 0.4) is 0 Å². The van der Waals surface area contributed by atoms with Gasteiger partial charge in [0.05, 0.1) is 17.8 Å². The quantitative estimate of drug-likeness (QED) is 0.648.